The molecule has 0 aliphatic carbocycles. The van der Waals surface area contributed by atoms with Gasteiger partial charge in [0.25, 0.3) is 0 Å². The van der Waals surface area contributed by atoms with Crippen molar-refractivity contribution in [1.82, 2.24) is 5.32 Å². The van der Waals surface area contributed by atoms with Crippen LogP contribution < -0.4 is 10.6 Å². The van der Waals surface area contributed by atoms with Crippen LogP contribution in [0.5, 0.6) is 0 Å². The summed E-state index contributed by atoms with van der Waals surface area (Å²) in [5.41, 5.74) is 2.15. The fraction of sp³-hybridized carbons (Fsp3) is 0.0833. The molecule has 1 unspecified atom stereocenters. The van der Waals surface area contributed by atoms with E-state index in [1.807, 2.05) is 60.7 Å². The molecule has 0 fully saturated rings. The maximum atomic E-state index is 12.9. The number of hydrogen-bond donors (Lipinski definition) is 2. The van der Waals surface area contributed by atoms with E-state index in [2.05, 4.69) is 16.6 Å². The van der Waals surface area contributed by atoms with Crippen LogP contribution in [0.25, 0.3) is 0 Å². The summed E-state index contributed by atoms with van der Waals surface area (Å²) in [5.74, 6) is 1.98. The summed E-state index contributed by atoms with van der Waals surface area (Å²) in [4.78, 5) is 26.1. The topological polar surface area (TPSA) is 58.2 Å². The van der Waals surface area contributed by atoms with Gasteiger partial charge in [0.2, 0.25) is 11.8 Å². The number of rotatable bonds is 7. The largest absolute Gasteiger partial charge is 0.346 e. The molecule has 0 aliphatic heterocycles. The third kappa shape index (κ3) is 6.00. The van der Waals surface area contributed by atoms with Crippen LogP contribution in [0.1, 0.15) is 16.4 Å². The number of hydrogen-bond acceptors (Lipinski definition) is 3. The Morgan fingerprint density at radius 3 is 2.31 bits per heavy atom. The van der Waals surface area contributed by atoms with Gasteiger partial charge in [-0.1, -0.05) is 60.5 Å². The number of thioether (sulfide) groups is 1. The quantitative estimate of drug-likeness (QED) is 0.460. The molecule has 4 nitrogen and oxygen atoms in total. The average Bonchev–Trinajstić information content (AvgIpc) is 2.77. The highest BCUT2D eigenvalue weighted by Crippen LogP contribution is 2.35. The Bertz CT molecular complexity index is 1010. The molecule has 2 amide bonds. The molecule has 3 rings (SSSR count). The first-order chi connectivity index (χ1) is 14.2. The van der Waals surface area contributed by atoms with E-state index in [1.54, 1.807) is 24.3 Å². The summed E-state index contributed by atoms with van der Waals surface area (Å²) < 4.78 is 0. The summed E-state index contributed by atoms with van der Waals surface area (Å²) in [6.45, 7) is -0.127. The Morgan fingerprint density at radius 1 is 0.931 bits per heavy atom. The molecule has 2 N–H and O–H groups in total. The van der Waals surface area contributed by atoms with Crippen LogP contribution in [0, 0.1) is 12.3 Å². The molecule has 0 saturated carbocycles. The zero-order valence-corrected chi connectivity index (χ0v) is 16.5. The van der Waals surface area contributed by atoms with E-state index in [0.717, 1.165) is 10.5 Å². The normalized spacial score (nSPS) is 11.1. The average molecular weight is 401 g/mol. The molecular formula is C24H20N2O2S. The van der Waals surface area contributed by atoms with E-state index in [1.165, 1.54) is 11.8 Å². The Labute approximate surface area is 174 Å². The van der Waals surface area contributed by atoms with Crippen molar-refractivity contribution in [3.8, 4) is 12.3 Å². The van der Waals surface area contributed by atoms with E-state index in [-0.39, 0.29) is 18.4 Å². The molecule has 0 saturated heterocycles. The number of benzene rings is 3. The number of terminal acetylenes is 1. The Kier molecular flexibility index (Phi) is 7.10. The van der Waals surface area contributed by atoms with E-state index in [0.29, 0.717) is 11.3 Å². The molecular weight excluding hydrogens is 380 g/mol. The van der Waals surface area contributed by atoms with Crippen LogP contribution in [0.15, 0.2) is 89.8 Å². The Balaban J connectivity index is 1.65. The SMILES string of the molecule is C#Cc1cccc(NC(=O)CNC(=O)C(Sc2ccccc2)c2ccccc2)c1. The van der Waals surface area contributed by atoms with Crippen LogP contribution in [0.3, 0.4) is 0 Å². The van der Waals surface area contributed by atoms with Crippen molar-refractivity contribution in [2.45, 2.75) is 10.1 Å². The summed E-state index contributed by atoms with van der Waals surface area (Å²) in [7, 11) is 0. The molecule has 0 bridgehead atoms. The zero-order valence-electron chi connectivity index (χ0n) is 15.7. The van der Waals surface area contributed by atoms with Crippen molar-refractivity contribution in [3.05, 3.63) is 96.1 Å². The predicted molar refractivity (Wildman–Crippen MR) is 117 cm³/mol. The fourth-order valence-corrected chi connectivity index (χ4v) is 3.76. The molecule has 29 heavy (non-hydrogen) atoms. The molecule has 0 radical (unpaired) electrons. The maximum Gasteiger partial charge on any atom is 0.243 e. The smallest absolute Gasteiger partial charge is 0.243 e. The van der Waals surface area contributed by atoms with Gasteiger partial charge >= 0.3 is 0 Å². The number of carbonyl (C=O) groups excluding carboxylic acids is 2. The number of amides is 2. The lowest BCUT2D eigenvalue weighted by Gasteiger charge is -2.17. The summed E-state index contributed by atoms with van der Waals surface area (Å²) in [5, 5.41) is 5.02. The van der Waals surface area contributed by atoms with Gasteiger partial charge in [0, 0.05) is 16.1 Å². The van der Waals surface area contributed by atoms with Gasteiger partial charge in [0.1, 0.15) is 5.25 Å². The zero-order chi connectivity index (χ0) is 20.5. The lowest BCUT2D eigenvalue weighted by Crippen LogP contribution is -2.35. The van der Waals surface area contributed by atoms with Crippen LogP contribution >= 0.6 is 11.8 Å². The molecule has 3 aromatic carbocycles. The van der Waals surface area contributed by atoms with E-state index in [4.69, 9.17) is 6.42 Å². The molecule has 1 atom stereocenters. The molecule has 3 aromatic rings. The van der Waals surface area contributed by atoms with E-state index < -0.39 is 5.25 Å². The minimum absolute atomic E-state index is 0.127. The van der Waals surface area contributed by atoms with Crippen LogP contribution in [0.4, 0.5) is 5.69 Å². The summed E-state index contributed by atoms with van der Waals surface area (Å²) in [6, 6.07) is 26.2. The minimum Gasteiger partial charge on any atom is -0.346 e. The first-order valence-electron chi connectivity index (χ1n) is 9.06. The Hall–Kier alpha value is -3.49. The van der Waals surface area contributed by atoms with Gasteiger partial charge in [0.05, 0.1) is 6.54 Å². The van der Waals surface area contributed by atoms with Crippen molar-refractivity contribution in [2.24, 2.45) is 0 Å². The van der Waals surface area contributed by atoms with Crippen LogP contribution in [0.2, 0.25) is 0 Å². The third-order valence-electron chi connectivity index (χ3n) is 4.07. The Morgan fingerprint density at radius 2 is 1.62 bits per heavy atom. The van der Waals surface area contributed by atoms with Crippen molar-refractivity contribution < 1.29 is 9.59 Å². The summed E-state index contributed by atoms with van der Waals surface area (Å²) in [6.07, 6.45) is 5.38. The number of carbonyl (C=O) groups is 2. The predicted octanol–water partition coefficient (Wildman–Crippen LogP) is 4.26. The first kappa shape index (κ1) is 20.2. The van der Waals surface area contributed by atoms with E-state index >= 15 is 0 Å². The molecule has 144 valence electrons. The lowest BCUT2D eigenvalue weighted by molar-refractivity contribution is -0.123. The summed E-state index contributed by atoms with van der Waals surface area (Å²) >= 11 is 1.44. The standard InChI is InChI=1S/C24H20N2O2S/c1-2-18-10-9-13-20(16-18)26-22(27)17-25-24(28)23(19-11-5-3-6-12-19)29-21-14-7-4-8-15-21/h1,3-16,23H,17H2,(H,25,28)(H,26,27). The van der Waals surface area contributed by atoms with Gasteiger partial charge in [-0.15, -0.1) is 18.2 Å². The molecule has 5 heteroatoms. The highest BCUT2D eigenvalue weighted by atomic mass is 32.2. The van der Waals surface area contributed by atoms with Crippen molar-refractivity contribution in [2.75, 3.05) is 11.9 Å². The van der Waals surface area contributed by atoms with Crippen LogP contribution in [-0.2, 0) is 9.59 Å². The van der Waals surface area contributed by atoms with Gasteiger partial charge in [-0.05, 0) is 35.9 Å². The highest BCUT2D eigenvalue weighted by molar-refractivity contribution is 8.00. The third-order valence-corrected chi connectivity index (χ3v) is 5.34. The van der Waals surface area contributed by atoms with Gasteiger partial charge in [0.15, 0.2) is 0 Å². The molecule has 0 aromatic heterocycles. The maximum absolute atomic E-state index is 12.9. The van der Waals surface area contributed by atoms with Crippen molar-refractivity contribution >= 4 is 29.3 Å². The molecule has 0 heterocycles. The minimum atomic E-state index is -0.462. The monoisotopic (exact) mass is 400 g/mol. The van der Waals surface area contributed by atoms with Gasteiger partial charge in [-0.25, -0.2) is 0 Å². The highest BCUT2D eigenvalue weighted by Gasteiger charge is 2.22. The fourth-order valence-electron chi connectivity index (χ4n) is 2.69. The molecule has 0 aliphatic rings. The second-order valence-corrected chi connectivity index (χ2v) is 7.39. The second-order valence-electron chi connectivity index (χ2n) is 6.21. The lowest BCUT2D eigenvalue weighted by atomic mass is 10.1. The first-order valence-corrected chi connectivity index (χ1v) is 9.94. The van der Waals surface area contributed by atoms with Gasteiger partial charge in [-0.3, -0.25) is 9.59 Å². The second kappa shape index (κ2) is 10.2. The molecule has 0 spiro atoms. The van der Waals surface area contributed by atoms with Crippen molar-refractivity contribution in [3.63, 3.8) is 0 Å². The van der Waals surface area contributed by atoms with Crippen molar-refractivity contribution in [1.29, 1.82) is 0 Å². The van der Waals surface area contributed by atoms with Crippen LogP contribution in [-0.4, -0.2) is 18.4 Å². The number of anilines is 1. The van der Waals surface area contributed by atoms with Gasteiger partial charge < -0.3 is 10.6 Å². The van der Waals surface area contributed by atoms with Gasteiger partial charge in [-0.2, -0.15) is 0 Å². The number of nitrogens with one attached hydrogen (secondary N) is 2. The van der Waals surface area contributed by atoms with E-state index in [9.17, 15) is 9.59 Å².